The van der Waals surface area contributed by atoms with Crippen molar-refractivity contribution >= 4 is 0 Å². The summed E-state index contributed by atoms with van der Waals surface area (Å²) >= 11 is 0. The van der Waals surface area contributed by atoms with Crippen molar-refractivity contribution in [2.45, 2.75) is 116 Å². The van der Waals surface area contributed by atoms with Gasteiger partial charge in [-0.2, -0.15) is 0 Å². The van der Waals surface area contributed by atoms with Gasteiger partial charge in [-0.05, 0) is 12.3 Å². The van der Waals surface area contributed by atoms with Crippen LogP contribution in [0, 0.1) is 16.2 Å². The van der Waals surface area contributed by atoms with Crippen molar-refractivity contribution in [2.24, 2.45) is 5.92 Å². The summed E-state index contributed by atoms with van der Waals surface area (Å²) in [7, 11) is -4.94. The second-order valence-electron chi connectivity index (χ2n) is 7.43. The zero-order valence-electron chi connectivity index (χ0n) is 18.0. The third-order valence-corrected chi connectivity index (χ3v) is 4.83. The van der Waals surface area contributed by atoms with E-state index < -0.39 is 10.2 Å². The molecule has 168 valence electrons. The van der Waals surface area contributed by atoms with E-state index >= 15 is 0 Å². The van der Waals surface area contributed by atoms with Gasteiger partial charge in [0, 0.05) is 26.2 Å². The number of hydrogen-bond donors (Lipinski definition) is 1. The maximum atomic E-state index is 9.55. The minimum Gasteiger partial charge on any atom is -0.393 e. The molecule has 2 atom stereocenters. The summed E-state index contributed by atoms with van der Waals surface area (Å²) in [4.78, 5) is 0. The van der Waals surface area contributed by atoms with Crippen LogP contribution in [0.5, 0.6) is 0 Å². The molecule has 0 bridgehead atoms. The molecule has 0 saturated heterocycles. The van der Waals surface area contributed by atoms with Crippen LogP contribution in [0.4, 0.5) is 0 Å². The number of rotatable bonds is 7. The number of hydrogen-bond acceptors (Lipinski definition) is 5. The van der Waals surface area contributed by atoms with E-state index in [9.17, 15) is 5.11 Å². The van der Waals surface area contributed by atoms with Crippen LogP contribution < -0.4 is 18.6 Å². The Hall–Kier alpha value is 0.713. The fraction of sp³-hybridized carbons (Fsp3) is 0.905. The molecule has 2 unspecified atom stereocenters. The summed E-state index contributed by atoms with van der Waals surface area (Å²) in [5, 5.41) is 9.55. The Morgan fingerprint density at radius 1 is 0.821 bits per heavy atom. The molecule has 0 aromatic rings. The quantitative estimate of drug-likeness (QED) is 0.425. The molecular formula is C21H42ClO5Zr-. The predicted molar refractivity (Wildman–Crippen MR) is 100 cm³/mol. The first-order valence-corrected chi connectivity index (χ1v) is 11.9. The van der Waals surface area contributed by atoms with Gasteiger partial charge >= 0.3 is 0 Å². The van der Waals surface area contributed by atoms with Gasteiger partial charge in [0.2, 0.25) is 0 Å². The monoisotopic (exact) mass is 499 g/mol. The maximum absolute atomic E-state index is 9.55. The molecule has 2 saturated carbocycles. The van der Waals surface area contributed by atoms with E-state index in [1.165, 1.54) is 83.5 Å². The van der Waals surface area contributed by atoms with Gasteiger partial charge in [0.15, 0.2) is 0 Å². The topological polar surface area (TPSA) is 112 Å². The second-order valence-corrected chi connectivity index (χ2v) is 8.18. The van der Waals surface area contributed by atoms with Crippen LogP contribution in [-0.4, -0.2) is 11.2 Å². The normalized spacial score (nSPS) is 17.4. The summed E-state index contributed by atoms with van der Waals surface area (Å²) < 4.78 is 34.0. The second kappa shape index (κ2) is 24.0. The van der Waals surface area contributed by atoms with Crippen molar-refractivity contribution < 1.29 is 60.2 Å². The molecule has 0 aromatic heterocycles. The number of aliphatic hydroxyl groups is 1. The van der Waals surface area contributed by atoms with Crippen molar-refractivity contribution in [1.29, 1.82) is 0 Å². The summed E-state index contributed by atoms with van der Waals surface area (Å²) in [5.41, 5.74) is 0. The molecule has 0 radical (unpaired) electrons. The van der Waals surface area contributed by atoms with Crippen molar-refractivity contribution in [3.63, 3.8) is 0 Å². The first-order chi connectivity index (χ1) is 12.7. The molecule has 7 heteroatoms. The summed E-state index contributed by atoms with van der Waals surface area (Å²) in [6.07, 6.45) is 22.5. The minimum absolute atomic E-state index is 0. The average Bonchev–Trinajstić information content (AvgIpc) is 3.34. The van der Waals surface area contributed by atoms with Gasteiger partial charge in [-0.25, -0.2) is 18.6 Å². The fourth-order valence-corrected chi connectivity index (χ4v) is 2.97. The Kier molecular flexibility index (Phi) is 28.6. The molecule has 0 aromatic carbocycles. The predicted octanol–water partition coefficient (Wildman–Crippen LogP) is 2.28. The molecule has 0 aliphatic heterocycles. The van der Waals surface area contributed by atoms with Crippen LogP contribution in [0.3, 0.4) is 0 Å². The van der Waals surface area contributed by atoms with E-state index in [0.717, 1.165) is 12.8 Å². The van der Waals surface area contributed by atoms with Crippen molar-refractivity contribution in [2.75, 3.05) is 0 Å². The van der Waals surface area contributed by atoms with Crippen LogP contribution in [-0.2, 0) is 26.2 Å². The summed E-state index contributed by atoms with van der Waals surface area (Å²) in [6.45, 7) is 7.87. The van der Waals surface area contributed by atoms with Crippen LogP contribution in [0.15, 0.2) is 12.7 Å². The molecule has 0 heterocycles. The van der Waals surface area contributed by atoms with Crippen LogP contribution in [0.1, 0.15) is 110 Å². The Bertz CT molecular complexity index is 274. The third-order valence-electron chi connectivity index (χ3n) is 4.83. The maximum Gasteiger partial charge on any atom is 0.0600 e. The Balaban J connectivity index is -0.000000324. The van der Waals surface area contributed by atoms with Crippen LogP contribution in [0.25, 0.3) is 0 Å². The first kappa shape index (κ1) is 33.4. The van der Waals surface area contributed by atoms with Gasteiger partial charge in [-0.1, -0.05) is 110 Å². The van der Waals surface area contributed by atoms with Gasteiger partial charge in [0.25, 0.3) is 0 Å². The molecule has 2 aliphatic carbocycles. The Morgan fingerprint density at radius 2 is 1.14 bits per heavy atom. The van der Waals surface area contributed by atoms with E-state index in [1.807, 2.05) is 13.0 Å². The van der Waals surface area contributed by atoms with Gasteiger partial charge in [-0.3, -0.25) is 0 Å². The fourth-order valence-electron chi connectivity index (χ4n) is 2.97. The van der Waals surface area contributed by atoms with Crippen molar-refractivity contribution in [3.8, 4) is 0 Å². The van der Waals surface area contributed by atoms with E-state index in [0.29, 0.717) is 0 Å². The Morgan fingerprint density at radius 3 is 1.39 bits per heavy atom. The standard InChI is InChI=1S/C11H22O.2C5H10.ClHO4.Zr/c1-4-6-7-8-9-11(12)10(3)5-2;2*1-2-4-5-3-1;2-1(3,4)5;/h5,10-12H,2,4,6-9H2,1,3H3;2*1-5H2;(H,2,3,4,5);/p-1. The van der Waals surface area contributed by atoms with E-state index in [2.05, 4.69) is 13.5 Å². The van der Waals surface area contributed by atoms with Gasteiger partial charge in [0.1, 0.15) is 0 Å². The molecule has 0 spiro atoms. The number of unbranched alkanes of at least 4 members (excludes halogenated alkanes) is 3. The summed E-state index contributed by atoms with van der Waals surface area (Å²) in [6, 6.07) is 0. The van der Waals surface area contributed by atoms with E-state index in [-0.39, 0.29) is 38.2 Å². The van der Waals surface area contributed by atoms with Crippen LogP contribution >= 0.6 is 0 Å². The molecule has 2 rings (SSSR count). The average molecular weight is 501 g/mol. The number of halogens is 1. The molecule has 1 N–H and O–H groups in total. The zero-order chi connectivity index (χ0) is 21.0. The van der Waals surface area contributed by atoms with Crippen molar-refractivity contribution in [3.05, 3.63) is 12.7 Å². The van der Waals surface area contributed by atoms with Crippen molar-refractivity contribution in [1.82, 2.24) is 0 Å². The van der Waals surface area contributed by atoms with E-state index in [4.69, 9.17) is 18.6 Å². The minimum atomic E-state index is -4.94. The third kappa shape index (κ3) is 34.2. The van der Waals surface area contributed by atoms with Gasteiger partial charge in [0.05, 0.1) is 6.10 Å². The molecule has 2 aliphatic rings. The largest absolute Gasteiger partial charge is 0.393 e. The van der Waals surface area contributed by atoms with Gasteiger partial charge in [-0.15, -0.1) is 16.8 Å². The molecule has 5 nitrogen and oxygen atoms in total. The molecule has 0 amide bonds. The number of aliphatic hydroxyl groups excluding tert-OH is 1. The SMILES string of the molecule is C1CCCC1.C1CCCC1.C=CC(C)C(O)CCCCCC.[O-][Cl+3]([O-])([O-])[O-].[Zr]. The van der Waals surface area contributed by atoms with E-state index in [1.54, 1.807) is 0 Å². The zero-order valence-corrected chi connectivity index (χ0v) is 21.2. The molecule has 28 heavy (non-hydrogen) atoms. The smallest absolute Gasteiger partial charge is 0.0600 e. The summed E-state index contributed by atoms with van der Waals surface area (Å²) in [5.74, 6) is 0.242. The first-order valence-electron chi connectivity index (χ1n) is 10.6. The van der Waals surface area contributed by atoms with Crippen LogP contribution in [0.2, 0.25) is 0 Å². The molecule has 2 fully saturated rings. The Labute approximate surface area is 194 Å². The van der Waals surface area contributed by atoms with Gasteiger partial charge < -0.3 is 5.11 Å². The molecular weight excluding hydrogens is 459 g/mol.